The second kappa shape index (κ2) is 7.56. The zero-order valence-corrected chi connectivity index (χ0v) is 17.2. The average Bonchev–Trinajstić information content (AvgIpc) is 3.01. The summed E-state index contributed by atoms with van der Waals surface area (Å²) >= 11 is 0. The number of para-hydroxylation sites is 1. The number of hydrogen-bond acceptors (Lipinski definition) is 5. The van der Waals surface area contributed by atoms with Crippen LogP contribution >= 0.6 is 0 Å². The molecule has 1 aromatic heterocycles. The molecule has 0 bridgehead atoms. The van der Waals surface area contributed by atoms with E-state index in [1.165, 1.54) is 11.1 Å². The van der Waals surface area contributed by atoms with E-state index in [1.807, 2.05) is 26.0 Å². The Morgan fingerprint density at radius 2 is 1.65 bits per heavy atom. The lowest BCUT2D eigenvalue weighted by Crippen LogP contribution is -2.30. The quantitative estimate of drug-likeness (QED) is 0.640. The van der Waals surface area contributed by atoms with Crippen molar-refractivity contribution in [3.8, 4) is 11.6 Å². The highest BCUT2D eigenvalue weighted by Crippen LogP contribution is 2.27. The van der Waals surface area contributed by atoms with Crippen molar-refractivity contribution in [2.75, 3.05) is 5.01 Å². The highest BCUT2D eigenvalue weighted by Gasteiger charge is 2.30. The van der Waals surface area contributed by atoms with Gasteiger partial charge in [-0.2, -0.15) is 10.1 Å². The lowest BCUT2D eigenvalue weighted by Gasteiger charge is -2.13. The van der Waals surface area contributed by atoms with Crippen molar-refractivity contribution < 1.29 is 9.90 Å². The normalized spacial score (nSPS) is 14.9. The molecular weight excluding hydrogens is 396 g/mol. The number of aromatic amines is 1. The molecule has 2 N–H and O–H groups in total. The number of amides is 1. The third kappa shape index (κ3) is 3.48. The van der Waals surface area contributed by atoms with Crippen molar-refractivity contribution >= 4 is 23.4 Å². The zero-order chi connectivity index (χ0) is 22.3. The molecule has 31 heavy (non-hydrogen) atoms. The second-order valence-electron chi connectivity index (χ2n) is 7.30. The number of aromatic nitrogens is 2. The lowest BCUT2D eigenvalue weighted by molar-refractivity contribution is -0.114. The molecule has 0 fully saturated rings. The van der Waals surface area contributed by atoms with Crippen LogP contribution in [0.1, 0.15) is 23.6 Å². The molecule has 1 aliphatic rings. The van der Waals surface area contributed by atoms with Crippen LogP contribution in [0, 0.1) is 13.8 Å². The van der Waals surface area contributed by atoms with Crippen LogP contribution in [0.5, 0.6) is 5.88 Å². The number of carbonyl (C=O) groups is 1. The molecular formula is C23H20N4O4. The standard InChI is InChI=1S/C23H20N4O4/c1-13-9-10-17(11-14(13)2)27-22(30)18(15(3)25-27)12-19-20(28)24-23(31)26(21(19)29)16-7-5-4-6-8-16/h4-12,29H,1-3H3,(H,24,28,31)/b18-12-. The maximum absolute atomic E-state index is 13.0. The minimum atomic E-state index is -0.799. The van der Waals surface area contributed by atoms with E-state index in [2.05, 4.69) is 10.1 Å². The molecule has 1 amide bonds. The molecule has 0 saturated carbocycles. The van der Waals surface area contributed by atoms with Crippen LogP contribution in [0.3, 0.4) is 0 Å². The van der Waals surface area contributed by atoms with E-state index < -0.39 is 23.0 Å². The number of nitrogens with one attached hydrogen (secondary N) is 1. The summed E-state index contributed by atoms with van der Waals surface area (Å²) in [7, 11) is 0. The summed E-state index contributed by atoms with van der Waals surface area (Å²) in [4.78, 5) is 40.0. The van der Waals surface area contributed by atoms with Crippen LogP contribution in [0.15, 0.2) is 68.8 Å². The maximum Gasteiger partial charge on any atom is 0.335 e. The first kappa shape index (κ1) is 20.1. The molecule has 2 heterocycles. The van der Waals surface area contributed by atoms with Crippen LogP contribution in [-0.4, -0.2) is 26.3 Å². The van der Waals surface area contributed by atoms with Crippen molar-refractivity contribution in [3.63, 3.8) is 0 Å². The first-order valence-corrected chi connectivity index (χ1v) is 9.60. The van der Waals surface area contributed by atoms with Crippen LogP contribution in [0.25, 0.3) is 11.8 Å². The third-order valence-electron chi connectivity index (χ3n) is 5.22. The molecule has 8 heteroatoms. The summed E-state index contributed by atoms with van der Waals surface area (Å²) in [6.07, 6.45) is 1.26. The topological polar surface area (TPSA) is 108 Å². The first-order valence-electron chi connectivity index (χ1n) is 9.60. The number of rotatable bonds is 3. The first-order chi connectivity index (χ1) is 14.8. The van der Waals surface area contributed by atoms with Gasteiger partial charge in [0.1, 0.15) is 5.56 Å². The molecule has 4 rings (SSSR count). The Kier molecular flexibility index (Phi) is 4.90. The van der Waals surface area contributed by atoms with E-state index in [1.54, 1.807) is 43.3 Å². The van der Waals surface area contributed by atoms with Gasteiger partial charge in [0, 0.05) is 0 Å². The third-order valence-corrected chi connectivity index (χ3v) is 5.22. The minimum absolute atomic E-state index is 0.150. The number of H-pyrrole nitrogens is 1. The fraction of sp³-hybridized carbons (Fsp3) is 0.130. The molecule has 8 nitrogen and oxygen atoms in total. The van der Waals surface area contributed by atoms with Gasteiger partial charge in [-0.1, -0.05) is 24.3 Å². The van der Waals surface area contributed by atoms with Gasteiger partial charge in [0.15, 0.2) is 0 Å². The Labute approximate surface area is 177 Å². The minimum Gasteiger partial charge on any atom is -0.494 e. The van der Waals surface area contributed by atoms with Crippen molar-refractivity contribution in [1.29, 1.82) is 0 Å². The smallest absolute Gasteiger partial charge is 0.335 e. The summed E-state index contributed by atoms with van der Waals surface area (Å²) in [6, 6.07) is 13.9. The maximum atomic E-state index is 13.0. The van der Waals surface area contributed by atoms with Gasteiger partial charge in [-0.15, -0.1) is 0 Å². The Bertz CT molecular complexity index is 1380. The Balaban J connectivity index is 1.81. The van der Waals surface area contributed by atoms with Crippen molar-refractivity contribution in [3.05, 3.63) is 91.6 Å². The fourth-order valence-corrected chi connectivity index (χ4v) is 3.35. The zero-order valence-electron chi connectivity index (χ0n) is 17.2. The van der Waals surface area contributed by atoms with Crippen molar-refractivity contribution in [1.82, 2.24) is 9.55 Å². The van der Waals surface area contributed by atoms with Gasteiger partial charge in [-0.25, -0.2) is 9.36 Å². The van der Waals surface area contributed by atoms with Gasteiger partial charge in [0.05, 0.1) is 22.7 Å². The number of hydrogen-bond donors (Lipinski definition) is 2. The van der Waals surface area contributed by atoms with E-state index in [0.29, 0.717) is 17.1 Å². The summed E-state index contributed by atoms with van der Waals surface area (Å²) in [5.41, 5.74) is 1.83. The predicted molar refractivity (Wildman–Crippen MR) is 119 cm³/mol. The Hall–Kier alpha value is -4.20. The fourth-order valence-electron chi connectivity index (χ4n) is 3.35. The predicted octanol–water partition coefficient (Wildman–Crippen LogP) is 2.65. The Morgan fingerprint density at radius 1 is 0.935 bits per heavy atom. The molecule has 3 aromatic rings. The molecule has 0 spiro atoms. The number of aromatic hydroxyl groups is 1. The molecule has 0 atom stereocenters. The van der Waals surface area contributed by atoms with Gasteiger partial charge in [-0.05, 0) is 62.2 Å². The van der Waals surface area contributed by atoms with Crippen LogP contribution in [-0.2, 0) is 4.79 Å². The molecule has 156 valence electrons. The van der Waals surface area contributed by atoms with E-state index in [9.17, 15) is 19.5 Å². The molecule has 0 unspecified atom stereocenters. The molecule has 0 radical (unpaired) electrons. The summed E-state index contributed by atoms with van der Waals surface area (Å²) < 4.78 is 0.973. The van der Waals surface area contributed by atoms with E-state index in [0.717, 1.165) is 15.7 Å². The second-order valence-corrected chi connectivity index (χ2v) is 7.30. The molecule has 1 aliphatic heterocycles. The summed E-state index contributed by atoms with van der Waals surface area (Å²) in [5, 5.41) is 16.3. The number of nitrogens with zero attached hydrogens (tertiary/aromatic N) is 3. The van der Waals surface area contributed by atoms with Gasteiger partial charge in [0.2, 0.25) is 5.88 Å². The SMILES string of the molecule is CC1=NN(c2ccc(C)c(C)c2)C(=O)/C1=C\c1c(O)n(-c2ccccc2)c(=O)[nH]c1=O. The molecule has 0 saturated heterocycles. The average molecular weight is 416 g/mol. The number of hydrazone groups is 1. The summed E-state index contributed by atoms with van der Waals surface area (Å²) in [5.74, 6) is -0.991. The Morgan fingerprint density at radius 3 is 2.32 bits per heavy atom. The monoisotopic (exact) mass is 416 g/mol. The van der Waals surface area contributed by atoms with Crippen molar-refractivity contribution in [2.24, 2.45) is 5.10 Å². The van der Waals surface area contributed by atoms with E-state index in [-0.39, 0.29) is 11.1 Å². The van der Waals surface area contributed by atoms with Crippen LogP contribution in [0.4, 0.5) is 5.69 Å². The van der Waals surface area contributed by atoms with Crippen molar-refractivity contribution in [2.45, 2.75) is 20.8 Å². The number of benzene rings is 2. The highest BCUT2D eigenvalue weighted by molar-refractivity contribution is 6.32. The summed E-state index contributed by atoms with van der Waals surface area (Å²) in [6.45, 7) is 5.56. The molecule has 0 aliphatic carbocycles. The van der Waals surface area contributed by atoms with E-state index in [4.69, 9.17) is 0 Å². The largest absolute Gasteiger partial charge is 0.494 e. The van der Waals surface area contributed by atoms with Gasteiger partial charge in [0.25, 0.3) is 11.5 Å². The van der Waals surface area contributed by atoms with Gasteiger partial charge in [-0.3, -0.25) is 14.6 Å². The van der Waals surface area contributed by atoms with Crippen LogP contribution in [0.2, 0.25) is 0 Å². The van der Waals surface area contributed by atoms with Gasteiger partial charge >= 0.3 is 5.69 Å². The van der Waals surface area contributed by atoms with Crippen LogP contribution < -0.4 is 16.3 Å². The van der Waals surface area contributed by atoms with Gasteiger partial charge < -0.3 is 5.11 Å². The number of anilines is 1. The number of carbonyl (C=O) groups excluding carboxylic acids is 1. The number of aryl methyl sites for hydroxylation is 2. The lowest BCUT2D eigenvalue weighted by atomic mass is 10.1. The van der Waals surface area contributed by atoms with E-state index >= 15 is 0 Å². The molecule has 2 aromatic carbocycles. The highest BCUT2D eigenvalue weighted by atomic mass is 16.3.